The van der Waals surface area contributed by atoms with Crippen LogP contribution in [0.5, 0.6) is 11.5 Å². The summed E-state index contributed by atoms with van der Waals surface area (Å²) in [4.78, 5) is 11.1. The normalized spacial score (nSPS) is 13.2. The quantitative estimate of drug-likeness (QED) is 0.663. The van der Waals surface area contributed by atoms with Crippen molar-refractivity contribution in [3.63, 3.8) is 0 Å². The summed E-state index contributed by atoms with van der Waals surface area (Å²) in [6, 6.07) is 5.87. The van der Waals surface area contributed by atoms with E-state index in [-0.39, 0.29) is 6.79 Å². The van der Waals surface area contributed by atoms with Gasteiger partial charge in [0, 0.05) is 5.71 Å². The smallest absolute Gasteiger partial charge is 0.427 e. The minimum absolute atomic E-state index is 0.280. The second-order valence-electron chi connectivity index (χ2n) is 4.37. The van der Waals surface area contributed by atoms with Crippen LogP contribution < -0.4 is 14.9 Å². The largest absolute Gasteiger partial charge is 0.454 e. The molecule has 0 fully saturated rings. The minimum atomic E-state index is -0.532. The number of hydrazone groups is 1. The van der Waals surface area contributed by atoms with Crippen molar-refractivity contribution in [1.82, 2.24) is 5.43 Å². The molecule has 0 saturated heterocycles. The molecule has 0 spiro atoms. The summed E-state index contributed by atoms with van der Waals surface area (Å²) < 4.78 is 15.3. The number of hydrogen-bond acceptors (Lipinski definition) is 5. The number of carbonyl (C=O) groups is 1. The Kier molecular flexibility index (Phi) is 4.81. The van der Waals surface area contributed by atoms with Gasteiger partial charge in [-0.15, -0.1) is 0 Å². The Balaban J connectivity index is 1.82. The highest BCUT2D eigenvalue weighted by Crippen LogP contribution is 2.32. The van der Waals surface area contributed by atoms with Gasteiger partial charge in [-0.3, -0.25) is 0 Å². The summed E-state index contributed by atoms with van der Waals surface area (Å²) in [7, 11) is 0. The summed E-state index contributed by atoms with van der Waals surface area (Å²) in [6.07, 6.45) is 1.03. The number of fused-ring (bicyclic) bond motifs is 1. The zero-order chi connectivity index (χ0) is 14.4. The minimum Gasteiger partial charge on any atom is -0.454 e. The molecule has 1 N–H and O–H groups in total. The van der Waals surface area contributed by atoms with E-state index in [0.29, 0.717) is 6.61 Å². The molecule has 0 saturated carbocycles. The van der Waals surface area contributed by atoms with Crippen molar-refractivity contribution in [2.75, 3.05) is 13.4 Å². The molecule has 6 nitrogen and oxygen atoms in total. The average Bonchev–Trinajstić information content (AvgIpc) is 2.90. The predicted molar refractivity (Wildman–Crippen MR) is 74.2 cm³/mol. The van der Waals surface area contributed by atoms with Crippen LogP contribution in [0.2, 0.25) is 0 Å². The molecule has 0 aromatic heterocycles. The van der Waals surface area contributed by atoms with Gasteiger partial charge >= 0.3 is 6.09 Å². The zero-order valence-electron chi connectivity index (χ0n) is 11.6. The van der Waals surface area contributed by atoms with Crippen LogP contribution in [0.1, 0.15) is 25.8 Å². The Bertz CT molecular complexity index is 514. The maximum Gasteiger partial charge on any atom is 0.427 e. The van der Waals surface area contributed by atoms with Gasteiger partial charge in [-0.2, -0.15) is 5.10 Å². The van der Waals surface area contributed by atoms with Crippen LogP contribution in [0.3, 0.4) is 0 Å². The fraction of sp³-hybridized carbons (Fsp3) is 0.429. The third-order valence-corrected chi connectivity index (χ3v) is 2.83. The number of nitrogens with zero attached hydrogens (tertiary/aromatic N) is 1. The second kappa shape index (κ2) is 6.79. The lowest BCUT2D eigenvalue weighted by atomic mass is 10.1. The van der Waals surface area contributed by atoms with E-state index in [1.165, 1.54) is 0 Å². The van der Waals surface area contributed by atoms with E-state index in [4.69, 9.17) is 14.2 Å². The van der Waals surface area contributed by atoms with Gasteiger partial charge in [0.2, 0.25) is 6.79 Å². The number of nitrogens with one attached hydrogen (secondary N) is 1. The Morgan fingerprint density at radius 1 is 1.40 bits per heavy atom. The Hall–Kier alpha value is -2.24. The van der Waals surface area contributed by atoms with Crippen molar-refractivity contribution >= 4 is 11.8 Å². The van der Waals surface area contributed by atoms with Gasteiger partial charge in [0.15, 0.2) is 11.5 Å². The summed E-state index contributed by atoms with van der Waals surface area (Å²) in [6.45, 7) is 4.22. The number of amides is 1. The van der Waals surface area contributed by atoms with Gasteiger partial charge in [-0.05, 0) is 44.4 Å². The number of aryl methyl sites for hydroxylation is 1. The van der Waals surface area contributed by atoms with Crippen LogP contribution in [0, 0.1) is 0 Å². The van der Waals surface area contributed by atoms with E-state index in [9.17, 15) is 4.79 Å². The van der Waals surface area contributed by atoms with Crippen LogP contribution in [0.4, 0.5) is 4.79 Å². The van der Waals surface area contributed by atoms with Crippen LogP contribution >= 0.6 is 0 Å². The lowest BCUT2D eigenvalue weighted by Crippen LogP contribution is -2.20. The average molecular weight is 278 g/mol. The molecule has 0 radical (unpaired) electrons. The first-order valence-corrected chi connectivity index (χ1v) is 6.53. The lowest BCUT2D eigenvalue weighted by molar-refractivity contribution is 0.152. The molecule has 0 unspecified atom stereocenters. The molecule has 1 heterocycles. The first-order valence-electron chi connectivity index (χ1n) is 6.53. The van der Waals surface area contributed by atoms with Crippen LogP contribution in [0.25, 0.3) is 0 Å². The number of carbonyl (C=O) groups excluding carboxylic acids is 1. The van der Waals surface area contributed by atoms with Gasteiger partial charge in [0.1, 0.15) is 0 Å². The third-order valence-electron chi connectivity index (χ3n) is 2.83. The molecule has 1 aliphatic rings. The molecule has 1 aromatic rings. The van der Waals surface area contributed by atoms with E-state index in [0.717, 1.165) is 35.6 Å². The maximum atomic E-state index is 11.1. The topological polar surface area (TPSA) is 69.2 Å². The fourth-order valence-corrected chi connectivity index (χ4v) is 1.78. The zero-order valence-corrected chi connectivity index (χ0v) is 11.6. The van der Waals surface area contributed by atoms with E-state index in [2.05, 4.69) is 10.5 Å². The summed E-state index contributed by atoms with van der Waals surface area (Å²) in [5.74, 6) is 1.56. The monoisotopic (exact) mass is 278 g/mol. The Morgan fingerprint density at radius 2 is 2.20 bits per heavy atom. The van der Waals surface area contributed by atoms with Gasteiger partial charge in [-0.1, -0.05) is 6.07 Å². The van der Waals surface area contributed by atoms with E-state index >= 15 is 0 Å². The van der Waals surface area contributed by atoms with Crippen molar-refractivity contribution in [2.45, 2.75) is 26.7 Å². The van der Waals surface area contributed by atoms with Crippen molar-refractivity contribution in [1.29, 1.82) is 0 Å². The molecular weight excluding hydrogens is 260 g/mol. The first-order chi connectivity index (χ1) is 9.69. The van der Waals surface area contributed by atoms with Crippen LogP contribution in [0.15, 0.2) is 23.3 Å². The van der Waals surface area contributed by atoms with Gasteiger partial charge in [0.05, 0.1) is 6.61 Å². The summed E-state index contributed by atoms with van der Waals surface area (Å²) in [5, 5.41) is 3.97. The number of benzene rings is 1. The van der Waals surface area contributed by atoms with Crippen molar-refractivity contribution in [3.05, 3.63) is 23.8 Å². The predicted octanol–water partition coefficient (Wildman–Crippen LogP) is 2.47. The summed E-state index contributed by atoms with van der Waals surface area (Å²) in [5.41, 5.74) is 4.31. The number of hydrogen-bond donors (Lipinski definition) is 1. The van der Waals surface area contributed by atoms with E-state index in [1.807, 2.05) is 25.1 Å². The van der Waals surface area contributed by atoms with Gasteiger partial charge in [0.25, 0.3) is 0 Å². The highest BCUT2D eigenvalue weighted by atomic mass is 16.7. The van der Waals surface area contributed by atoms with E-state index in [1.54, 1.807) is 6.92 Å². The second-order valence-corrected chi connectivity index (χ2v) is 4.37. The molecule has 1 amide bonds. The Morgan fingerprint density at radius 3 is 3.00 bits per heavy atom. The van der Waals surface area contributed by atoms with Gasteiger partial charge < -0.3 is 14.2 Å². The van der Waals surface area contributed by atoms with Gasteiger partial charge in [-0.25, -0.2) is 10.2 Å². The molecule has 6 heteroatoms. The number of rotatable bonds is 5. The number of ether oxygens (including phenoxy) is 3. The van der Waals surface area contributed by atoms with Crippen LogP contribution in [-0.2, 0) is 11.2 Å². The first kappa shape index (κ1) is 14.2. The molecule has 108 valence electrons. The van der Waals surface area contributed by atoms with Crippen molar-refractivity contribution < 1.29 is 19.0 Å². The molecular formula is C14H18N2O4. The molecule has 0 bridgehead atoms. The molecule has 20 heavy (non-hydrogen) atoms. The lowest BCUT2D eigenvalue weighted by Gasteiger charge is -2.04. The van der Waals surface area contributed by atoms with Crippen LogP contribution in [-0.4, -0.2) is 25.2 Å². The van der Waals surface area contributed by atoms with E-state index < -0.39 is 6.09 Å². The summed E-state index contributed by atoms with van der Waals surface area (Å²) >= 11 is 0. The highest BCUT2D eigenvalue weighted by molar-refractivity contribution is 5.83. The standard InChI is InChI=1S/C14H18N2O4/c1-3-18-14(17)16-15-10(2)4-5-11-6-7-12-13(8-11)20-9-19-12/h6-8H,3-5,9H2,1-2H3,(H,16,17). The maximum absolute atomic E-state index is 11.1. The fourth-order valence-electron chi connectivity index (χ4n) is 1.78. The molecule has 0 atom stereocenters. The van der Waals surface area contributed by atoms with Crippen molar-refractivity contribution in [2.24, 2.45) is 5.10 Å². The molecule has 1 aromatic carbocycles. The molecule has 1 aliphatic heterocycles. The van der Waals surface area contributed by atoms with Crippen molar-refractivity contribution in [3.8, 4) is 11.5 Å². The highest BCUT2D eigenvalue weighted by Gasteiger charge is 2.13. The molecule has 0 aliphatic carbocycles. The Labute approximate surface area is 117 Å². The SMILES string of the molecule is CCOC(=O)NN=C(C)CCc1ccc2c(c1)OCO2. The molecule has 2 rings (SSSR count). The third kappa shape index (κ3) is 3.88.